The number of rotatable bonds is 5. The number of hydrogen-bond donors (Lipinski definition) is 2. The molecule has 0 aliphatic heterocycles. The average Bonchev–Trinajstić information content (AvgIpc) is 3.15. The first-order valence-corrected chi connectivity index (χ1v) is 9.71. The van der Waals surface area contributed by atoms with E-state index in [1.54, 1.807) is 22.7 Å². The SMILES string of the molecule is Cc1ccc(CNC(=O)c2nc(C(=O)Nc3ccccc3C)c3ccccn23)cc1. The second-order valence-electron chi connectivity index (χ2n) is 7.18. The highest BCUT2D eigenvalue weighted by Crippen LogP contribution is 2.18. The first-order chi connectivity index (χ1) is 14.5. The summed E-state index contributed by atoms with van der Waals surface area (Å²) in [4.78, 5) is 30.1. The fourth-order valence-corrected chi connectivity index (χ4v) is 3.23. The first kappa shape index (κ1) is 19.4. The summed E-state index contributed by atoms with van der Waals surface area (Å²) in [5.41, 5.74) is 4.60. The summed E-state index contributed by atoms with van der Waals surface area (Å²) in [6, 6.07) is 20.9. The van der Waals surface area contributed by atoms with Gasteiger partial charge >= 0.3 is 0 Å². The van der Waals surface area contributed by atoms with Crippen LogP contribution < -0.4 is 10.6 Å². The summed E-state index contributed by atoms with van der Waals surface area (Å²) in [6.45, 7) is 4.32. The van der Waals surface area contributed by atoms with Gasteiger partial charge in [-0.1, -0.05) is 54.1 Å². The van der Waals surface area contributed by atoms with Gasteiger partial charge in [0.1, 0.15) is 0 Å². The molecule has 0 aliphatic rings. The molecule has 2 aromatic carbocycles. The molecule has 2 aromatic heterocycles. The molecule has 2 amide bonds. The van der Waals surface area contributed by atoms with Crippen LogP contribution in [0.1, 0.15) is 37.8 Å². The third kappa shape index (κ3) is 3.93. The molecular weight excluding hydrogens is 376 g/mol. The van der Waals surface area contributed by atoms with Crippen LogP contribution in [0.25, 0.3) is 5.52 Å². The van der Waals surface area contributed by atoms with Gasteiger partial charge in [-0.25, -0.2) is 4.98 Å². The minimum absolute atomic E-state index is 0.174. The van der Waals surface area contributed by atoms with Gasteiger partial charge in [0, 0.05) is 18.4 Å². The Labute approximate surface area is 174 Å². The lowest BCUT2D eigenvalue weighted by molar-refractivity contribution is 0.0940. The molecule has 6 nitrogen and oxygen atoms in total. The van der Waals surface area contributed by atoms with Crippen LogP contribution in [0.3, 0.4) is 0 Å². The number of carbonyl (C=O) groups excluding carboxylic acids is 2. The Balaban J connectivity index is 1.60. The van der Waals surface area contributed by atoms with E-state index >= 15 is 0 Å². The number of carbonyl (C=O) groups is 2. The molecule has 2 heterocycles. The fraction of sp³-hybridized carbons (Fsp3) is 0.125. The van der Waals surface area contributed by atoms with E-state index in [-0.39, 0.29) is 23.3 Å². The molecule has 0 aliphatic carbocycles. The van der Waals surface area contributed by atoms with E-state index in [1.807, 2.05) is 68.4 Å². The van der Waals surface area contributed by atoms with Crippen molar-refractivity contribution in [1.29, 1.82) is 0 Å². The Morgan fingerprint density at radius 2 is 1.63 bits per heavy atom. The van der Waals surface area contributed by atoms with E-state index < -0.39 is 0 Å². The molecule has 6 heteroatoms. The van der Waals surface area contributed by atoms with E-state index in [4.69, 9.17) is 0 Å². The van der Waals surface area contributed by atoms with Crippen LogP contribution in [-0.4, -0.2) is 21.2 Å². The topological polar surface area (TPSA) is 75.5 Å². The lowest BCUT2D eigenvalue weighted by Crippen LogP contribution is -2.25. The lowest BCUT2D eigenvalue weighted by Gasteiger charge is -2.06. The highest BCUT2D eigenvalue weighted by atomic mass is 16.2. The highest BCUT2D eigenvalue weighted by Gasteiger charge is 2.21. The van der Waals surface area contributed by atoms with Crippen LogP contribution in [0.15, 0.2) is 72.9 Å². The largest absolute Gasteiger partial charge is 0.345 e. The molecule has 4 aromatic rings. The molecule has 30 heavy (non-hydrogen) atoms. The highest BCUT2D eigenvalue weighted by molar-refractivity contribution is 6.09. The van der Waals surface area contributed by atoms with Gasteiger partial charge in [0.15, 0.2) is 5.69 Å². The van der Waals surface area contributed by atoms with E-state index in [0.29, 0.717) is 17.7 Å². The van der Waals surface area contributed by atoms with Crippen LogP contribution in [0.2, 0.25) is 0 Å². The molecule has 4 rings (SSSR count). The zero-order chi connectivity index (χ0) is 21.1. The van der Waals surface area contributed by atoms with Crippen molar-refractivity contribution in [2.75, 3.05) is 5.32 Å². The fourth-order valence-electron chi connectivity index (χ4n) is 3.23. The maximum atomic E-state index is 12.9. The van der Waals surface area contributed by atoms with Crippen LogP contribution in [0, 0.1) is 13.8 Å². The molecule has 150 valence electrons. The number of pyridine rings is 1. The number of anilines is 1. The quantitative estimate of drug-likeness (QED) is 0.531. The Morgan fingerprint density at radius 3 is 2.40 bits per heavy atom. The predicted octanol–water partition coefficient (Wildman–Crippen LogP) is 4.13. The molecule has 2 N–H and O–H groups in total. The van der Waals surface area contributed by atoms with E-state index in [2.05, 4.69) is 15.6 Å². The standard InChI is InChI=1S/C24H22N4O2/c1-16-10-12-18(13-11-16)15-25-24(30)22-27-21(20-9-5-6-14-28(20)22)23(29)26-19-8-4-3-7-17(19)2/h3-14H,15H2,1-2H3,(H,25,30)(H,26,29). The number of hydrogen-bond acceptors (Lipinski definition) is 3. The van der Waals surface area contributed by atoms with Gasteiger partial charge in [0.25, 0.3) is 11.8 Å². The van der Waals surface area contributed by atoms with Crippen LogP contribution in [-0.2, 0) is 6.54 Å². The third-order valence-corrected chi connectivity index (χ3v) is 4.93. The zero-order valence-corrected chi connectivity index (χ0v) is 16.8. The average molecular weight is 398 g/mol. The molecule has 0 spiro atoms. The number of nitrogens with zero attached hydrogens (tertiary/aromatic N) is 2. The number of aromatic nitrogens is 2. The second-order valence-corrected chi connectivity index (χ2v) is 7.18. The van der Waals surface area contributed by atoms with Crippen molar-refractivity contribution in [2.24, 2.45) is 0 Å². The molecule has 0 unspecified atom stereocenters. The van der Waals surface area contributed by atoms with Crippen molar-refractivity contribution < 1.29 is 9.59 Å². The molecule has 0 radical (unpaired) electrons. The van der Waals surface area contributed by atoms with Gasteiger partial charge in [-0.05, 0) is 43.2 Å². The van der Waals surface area contributed by atoms with Crippen LogP contribution >= 0.6 is 0 Å². The van der Waals surface area contributed by atoms with Crippen molar-refractivity contribution >= 4 is 23.0 Å². The summed E-state index contributed by atoms with van der Waals surface area (Å²) in [5, 5.41) is 5.77. The molecule has 0 saturated carbocycles. The predicted molar refractivity (Wildman–Crippen MR) is 117 cm³/mol. The van der Waals surface area contributed by atoms with E-state index in [0.717, 1.165) is 16.7 Å². The van der Waals surface area contributed by atoms with Gasteiger partial charge in [-0.3, -0.25) is 14.0 Å². The lowest BCUT2D eigenvalue weighted by atomic mass is 10.1. The van der Waals surface area contributed by atoms with E-state index in [1.165, 1.54) is 0 Å². The third-order valence-electron chi connectivity index (χ3n) is 4.93. The molecule has 0 saturated heterocycles. The van der Waals surface area contributed by atoms with Gasteiger partial charge < -0.3 is 10.6 Å². The number of benzene rings is 2. The summed E-state index contributed by atoms with van der Waals surface area (Å²) in [7, 11) is 0. The summed E-state index contributed by atoms with van der Waals surface area (Å²) >= 11 is 0. The molecular formula is C24H22N4O2. The number of para-hydroxylation sites is 1. The number of amides is 2. The number of imidazole rings is 1. The van der Waals surface area contributed by atoms with E-state index in [9.17, 15) is 9.59 Å². The van der Waals surface area contributed by atoms with Gasteiger partial charge in [0.2, 0.25) is 5.82 Å². The molecule has 0 bridgehead atoms. The minimum Gasteiger partial charge on any atom is -0.345 e. The maximum Gasteiger partial charge on any atom is 0.287 e. The minimum atomic E-state index is -0.356. The smallest absolute Gasteiger partial charge is 0.287 e. The van der Waals surface area contributed by atoms with Crippen LogP contribution in [0.5, 0.6) is 0 Å². The Hall–Kier alpha value is -3.93. The second kappa shape index (κ2) is 8.21. The summed E-state index contributed by atoms with van der Waals surface area (Å²) < 4.78 is 1.64. The van der Waals surface area contributed by atoms with Gasteiger partial charge in [0.05, 0.1) is 5.52 Å². The normalized spacial score (nSPS) is 10.7. The maximum absolute atomic E-state index is 12.9. The Morgan fingerprint density at radius 1 is 0.900 bits per heavy atom. The summed E-state index contributed by atoms with van der Waals surface area (Å²) in [6.07, 6.45) is 1.73. The van der Waals surface area contributed by atoms with Crippen molar-refractivity contribution in [2.45, 2.75) is 20.4 Å². The number of fused-ring (bicyclic) bond motifs is 1. The van der Waals surface area contributed by atoms with Crippen molar-refractivity contribution in [3.05, 3.63) is 101 Å². The monoisotopic (exact) mass is 398 g/mol. The van der Waals surface area contributed by atoms with Gasteiger partial charge in [-0.15, -0.1) is 0 Å². The summed E-state index contributed by atoms with van der Waals surface area (Å²) in [5.74, 6) is -0.523. The van der Waals surface area contributed by atoms with Crippen molar-refractivity contribution in [1.82, 2.24) is 14.7 Å². The zero-order valence-electron chi connectivity index (χ0n) is 16.8. The molecule has 0 atom stereocenters. The van der Waals surface area contributed by atoms with Crippen molar-refractivity contribution in [3.63, 3.8) is 0 Å². The van der Waals surface area contributed by atoms with Gasteiger partial charge in [-0.2, -0.15) is 0 Å². The van der Waals surface area contributed by atoms with Crippen molar-refractivity contribution in [3.8, 4) is 0 Å². The number of nitrogens with one attached hydrogen (secondary N) is 2. The Bertz CT molecular complexity index is 1230. The Kier molecular flexibility index (Phi) is 5.30. The number of aryl methyl sites for hydroxylation is 2. The first-order valence-electron chi connectivity index (χ1n) is 9.71. The van der Waals surface area contributed by atoms with Crippen LogP contribution in [0.4, 0.5) is 5.69 Å². The molecule has 0 fully saturated rings.